The summed E-state index contributed by atoms with van der Waals surface area (Å²) in [7, 11) is 0. The summed E-state index contributed by atoms with van der Waals surface area (Å²) in [5.74, 6) is 0. The Kier molecular flexibility index (Phi) is 3.99. The minimum Gasteiger partial charge on any atom is -0.378 e. The Morgan fingerprint density at radius 2 is 2.56 bits per heavy atom. The minimum atomic E-state index is 0.284. The van der Waals surface area contributed by atoms with E-state index in [2.05, 4.69) is 9.69 Å². The van der Waals surface area contributed by atoms with Crippen LogP contribution in [0.25, 0.3) is 0 Å². The summed E-state index contributed by atoms with van der Waals surface area (Å²) < 4.78 is 9.44. The average molecular weight is 258 g/mol. The summed E-state index contributed by atoms with van der Waals surface area (Å²) in [6.07, 6.45) is 3.61. The highest BCUT2D eigenvalue weighted by Gasteiger charge is 2.16. The largest absolute Gasteiger partial charge is 0.378 e. The lowest BCUT2D eigenvalue weighted by Crippen LogP contribution is -2.12. The molecule has 2 heterocycles. The third-order valence-corrected chi connectivity index (χ3v) is 3.72. The molecule has 0 radical (unpaired) electrons. The Balaban J connectivity index is 1.82. The molecule has 0 amide bonds. The van der Waals surface area contributed by atoms with Crippen LogP contribution in [-0.4, -0.2) is 23.6 Å². The van der Waals surface area contributed by atoms with Crippen molar-refractivity contribution < 1.29 is 4.74 Å². The fraction of sp³-hybridized carbons (Fsp3) is 0.600. The van der Waals surface area contributed by atoms with Crippen molar-refractivity contribution >= 4 is 28.1 Å². The zero-order valence-electron chi connectivity index (χ0n) is 8.70. The molecule has 0 unspecified atom stereocenters. The molecule has 0 spiro atoms. The van der Waals surface area contributed by atoms with Gasteiger partial charge in [0.1, 0.15) is 16.6 Å². The molecule has 0 bridgehead atoms. The number of ether oxygens (including phenoxy) is 1. The maximum Gasteiger partial charge on any atom is 0.162 e. The second-order valence-electron chi connectivity index (χ2n) is 3.64. The van der Waals surface area contributed by atoms with Crippen molar-refractivity contribution in [3.63, 3.8) is 0 Å². The van der Waals surface area contributed by atoms with Gasteiger partial charge in [0.25, 0.3) is 0 Å². The number of nitriles is 1. The molecule has 6 heteroatoms. The van der Waals surface area contributed by atoms with Crippen LogP contribution in [0.15, 0.2) is 0 Å². The predicted molar refractivity (Wildman–Crippen MR) is 63.9 cm³/mol. The van der Waals surface area contributed by atoms with Crippen molar-refractivity contribution in [3.8, 4) is 6.07 Å². The first-order valence-corrected chi connectivity index (χ1v) is 6.37. The number of rotatable bonds is 4. The predicted octanol–water partition coefficient (Wildman–Crippen LogP) is 2.65. The van der Waals surface area contributed by atoms with E-state index in [4.69, 9.17) is 21.6 Å². The van der Waals surface area contributed by atoms with Gasteiger partial charge < -0.3 is 10.1 Å². The zero-order valence-corrected chi connectivity index (χ0v) is 10.3. The number of hydrogen-bond donors (Lipinski definition) is 1. The van der Waals surface area contributed by atoms with Gasteiger partial charge in [0.15, 0.2) is 5.15 Å². The van der Waals surface area contributed by atoms with Crippen molar-refractivity contribution in [2.75, 3.05) is 18.5 Å². The van der Waals surface area contributed by atoms with Crippen molar-refractivity contribution in [2.45, 2.75) is 25.4 Å². The van der Waals surface area contributed by atoms with E-state index in [1.54, 1.807) is 0 Å². The normalized spacial score (nSPS) is 19.6. The van der Waals surface area contributed by atoms with E-state index in [1.165, 1.54) is 11.5 Å². The van der Waals surface area contributed by atoms with Gasteiger partial charge in [-0.25, -0.2) is 0 Å². The molecule has 1 fully saturated rings. The number of aromatic nitrogens is 1. The SMILES string of the molecule is N#Cc1c(Cl)nsc1NCC[C@@H]1CCCO1. The van der Waals surface area contributed by atoms with Crippen LogP contribution in [0.3, 0.4) is 0 Å². The second kappa shape index (κ2) is 5.48. The van der Waals surface area contributed by atoms with E-state index < -0.39 is 0 Å². The summed E-state index contributed by atoms with van der Waals surface area (Å²) in [6, 6.07) is 2.04. The van der Waals surface area contributed by atoms with Gasteiger partial charge in [-0.3, -0.25) is 0 Å². The van der Waals surface area contributed by atoms with Crippen LogP contribution in [0.1, 0.15) is 24.8 Å². The quantitative estimate of drug-likeness (QED) is 0.901. The van der Waals surface area contributed by atoms with Crippen LogP contribution < -0.4 is 5.32 Å². The number of nitrogens with one attached hydrogen (secondary N) is 1. The van der Waals surface area contributed by atoms with Crippen LogP contribution in [0.2, 0.25) is 5.15 Å². The maximum absolute atomic E-state index is 8.87. The third kappa shape index (κ3) is 2.64. The Bertz CT molecular complexity index is 395. The fourth-order valence-electron chi connectivity index (χ4n) is 1.71. The smallest absolute Gasteiger partial charge is 0.162 e. The second-order valence-corrected chi connectivity index (χ2v) is 4.77. The van der Waals surface area contributed by atoms with Crippen LogP contribution in [-0.2, 0) is 4.74 Å². The lowest BCUT2D eigenvalue weighted by molar-refractivity contribution is 0.107. The molecule has 1 aliphatic rings. The zero-order chi connectivity index (χ0) is 11.4. The summed E-state index contributed by atoms with van der Waals surface area (Å²) in [6.45, 7) is 1.67. The van der Waals surface area contributed by atoms with Crippen LogP contribution >= 0.6 is 23.1 Å². The van der Waals surface area contributed by atoms with Crippen LogP contribution in [0.5, 0.6) is 0 Å². The Morgan fingerprint density at radius 3 is 3.25 bits per heavy atom. The van der Waals surface area contributed by atoms with Gasteiger partial charge in [0, 0.05) is 13.2 Å². The standard InChI is InChI=1S/C10H12ClN3OS/c11-9-8(6-12)10(16-14-9)13-4-3-7-2-1-5-15-7/h7,13H,1-5H2/t7-/m0/s1. The van der Waals surface area contributed by atoms with Crippen LogP contribution in [0.4, 0.5) is 5.00 Å². The van der Waals surface area contributed by atoms with Crippen molar-refractivity contribution in [3.05, 3.63) is 10.7 Å². The van der Waals surface area contributed by atoms with Gasteiger partial charge in [0.05, 0.1) is 6.10 Å². The van der Waals surface area contributed by atoms with Gasteiger partial charge >= 0.3 is 0 Å². The molecule has 1 aliphatic heterocycles. The molecular weight excluding hydrogens is 246 g/mol. The van der Waals surface area contributed by atoms with E-state index in [-0.39, 0.29) is 5.15 Å². The molecule has 1 N–H and O–H groups in total. The molecule has 4 nitrogen and oxygen atoms in total. The molecule has 1 atom stereocenters. The van der Waals surface area contributed by atoms with E-state index >= 15 is 0 Å². The Labute approximate surface area is 103 Å². The summed E-state index contributed by atoms with van der Waals surface area (Å²) in [5, 5.41) is 13.1. The van der Waals surface area contributed by atoms with Gasteiger partial charge in [0.2, 0.25) is 0 Å². The first-order valence-electron chi connectivity index (χ1n) is 5.22. The number of hydrogen-bond acceptors (Lipinski definition) is 5. The lowest BCUT2D eigenvalue weighted by atomic mass is 10.2. The van der Waals surface area contributed by atoms with Crippen molar-refractivity contribution in [1.29, 1.82) is 5.26 Å². The topological polar surface area (TPSA) is 57.9 Å². The van der Waals surface area contributed by atoms with Gasteiger partial charge in [-0.2, -0.15) is 9.64 Å². The Hall–Kier alpha value is -0.830. The highest BCUT2D eigenvalue weighted by atomic mass is 35.5. The Morgan fingerprint density at radius 1 is 1.69 bits per heavy atom. The number of anilines is 1. The maximum atomic E-state index is 8.87. The summed E-state index contributed by atoms with van der Waals surface area (Å²) >= 11 is 6.99. The minimum absolute atomic E-state index is 0.284. The molecule has 2 rings (SSSR count). The van der Waals surface area contributed by atoms with Gasteiger partial charge in [-0.15, -0.1) is 0 Å². The first kappa shape index (κ1) is 11.6. The molecule has 1 saturated heterocycles. The van der Waals surface area contributed by atoms with Crippen molar-refractivity contribution in [1.82, 2.24) is 4.37 Å². The van der Waals surface area contributed by atoms with E-state index in [9.17, 15) is 0 Å². The van der Waals surface area contributed by atoms with E-state index in [0.29, 0.717) is 11.7 Å². The van der Waals surface area contributed by atoms with E-state index in [1.807, 2.05) is 6.07 Å². The van der Waals surface area contributed by atoms with Crippen LogP contribution in [0, 0.1) is 11.3 Å². The summed E-state index contributed by atoms with van der Waals surface area (Å²) in [4.78, 5) is 0. The van der Waals surface area contributed by atoms with E-state index in [0.717, 1.165) is 37.4 Å². The monoisotopic (exact) mass is 257 g/mol. The fourth-order valence-corrected chi connectivity index (χ4v) is 2.67. The van der Waals surface area contributed by atoms with Gasteiger partial charge in [-0.1, -0.05) is 11.6 Å². The molecule has 1 aromatic heterocycles. The molecule has 16 heavy (non-hydrogen) atoms. The highest BCUT2D eigenvalue weighted by molar-refractivity contribution is 7.10. The molecule has 0 saturated carbocycles. The molecule has 0 aliphatic carbocycles. The van der Waals surface area contributed by atoms with Crippen molar-refractivity contribution in [2.24, 2.45) is 0 Å². The molecule has 1 aromatic rings. The highest BCUT2D eigenvalue weighted by Crippen LogP contribution is 2.27. The average Bonchev–Trinajstić information content (AvgIpc) is 2.89. The van der Waals surface area contributed by atoms with Gasteiger partial charge in [-0.05, 0) is 30.8 Å². The molecule has 86 valence electrons. The molecule has 0 aromatic carbocycles. The molecular formula is C10H12ClN3OS. The number of nitrogens with zero attached hydrogens (tertiary/aromatic N) is 2. The lowest BCUT2D eigenvalue weighted by Gasteiger charge is -2.09. The third-order valence-electron chi connectivity index (χ3n) is 2.54. The summed E-state index contributed by atoms with van der Waals surface area (Å²) in [5.41, 5.74) is 0.444. The first-order chi connectivity index (χ1) is 7.81. The number of halogens is 1.